The molecule has 0 saturated carbocycles. The molecule has 3 N–H and O–H groups in total. The summed E-state index contributed by atoms with van der Waals surface area (Å²) < 4.78 is 13.4. The minimum atomic E-state index is -0.221. The first-order chi connectivity index (χ1) is 9.78. The molecule has 1 aromatic heterocycles. The Morgan fingerprint density at radius 2 is 2.00 bits per heavy atom. The summed E-state index contributed by atoms with van der Waals surface area (Å²) in [6, 6.07) is 8.78. The molecule has 1 aromatic carbocycles. The molecular formula is C16H19FN2S. The summed E-state index contributed by atoms with van der Waals surface area (Å²) in [5.41, 5.74) is 5.17. The molecule has 1 aliphatic carbocycles. The highest BCUT2D eigenvalue weighted by Crippen LogP contribution is 2.34. The zero-order chi connectivity index (χ0) is 13.9. The van der Waals surface area contributed by atoms with E-state index in [2.05, 4.69) is 11.5 Å². The largest absolute Gasteiger partial charge is 0.271 e. The van der Waals surface area contributed by atoms with Crippen LogP contribution in [-0.4, -0.2) is 0 Å². The van der Waals surface area contributed by atoms with E-state index in [-0.39, 0.29) is 11.9 Å². The Hall–Kier alpha value is -1.23. The van der Waals surface area contributed by atoms with Crippen molar-refractivity contribution < 1.29 is 4.39 Å². The maximum Gasteiger partial charge on any atom is 0.123 e. The van der Waals surface area contributed by atoms with Gasteiger partial charge >= 0.3 is 0 Å². The van der Waals surface area contributed by atoms with Gasteiger partial charge in [-0.3, -0.25) is 5.84 Å². The molecule has 1 unspecified atom stereocenters. The first-order valence-corrected chi connectivity index (χ1v) is 7.92. The Balaban J connectivity index is 1.93. The van der Waals surface area contributed by atoms with Crippen LogP contribution < -0.4 is 11.3 Å². The number of aryl methyl sites for hydroxylation is 2. The van der Waals surface area contributed by atoms with Crippen molar-refractivity contribution in [2.24, 2.45) is 5.84 Å². The van der Waals surface area contributed by atoms with Crippen molar-refractivity contribution in [3.63, 3.8) is 0 Å². The second-order valence-corrected chi connectivity index (χ2v) is 6.48. The molecule has 0 saturated heterocycles. The van der Waals surface area contributed by atoms with Crippen LogP contribution in [0.15, 0.2) is 30.3 Å². The standard InChI is InChI=1S/C16H19FN2S/c17-13-7-4-6-12(9-13)16(19-18)15-10-11-5-2-1-3-8-14(11)20-15/h4,6-7,9-10,16,19H,1-3,5,8,18H2. The molecule has 3 rings (SSSR count). The van der Waals surface area contributed by atoms with Gasteiger partial charge in [-0.1, -0.05) is 18.6 Å². The molecule has 0 fully saturated rings. The summed E-state index contributed by atoms with van der Waals surface area (Å²) >= 11 is 1.82. The Morgan fingerprint density at radius 1 is 1.15 bits per heavy atom. The monoisotopic (exact) mass is 290 g/mol. The number of hydrogen-bond acceptors (Lipinski definition) is 3. The summed E-state index contributed by atoms with van der Waals surface area (Å²) in [6.45, 7) is 0. The van der Waals surface area contributed by atoms with Gasteiger partial charge in [-0.2, -0.15) is 0 Å². The summed E-state index contributed by atoms with van der Waals surface area (Å²) in [6.07, 6.45) is 6.18. The van der Waals surface area contributed by atoms with Crippen LogP contribution in [-0.2, 0) is 12.8 Å². The van der Waals surface area contributed by atoms with Gasteiger partial charge in [0.05, 0.1) is 6.04 Å². The van der Waals surface area contributed by atoms with Crippen LogP contribution in [0.5, 0.6) is 0 Å². The van der Waals surface area contributed by atoms with E-state index in [9.17, 15) is 4.39 Å². The second kappa shape index (κ2) is 6.04. The molecule has 1 heterocycles. The van der Waals surface area contributed by atoms with E-state index in [4.69, 9.17) is 5.84 Å². The van der Waals surface area contributed by atoms with E-state index in [1.807, 2.05) is 17.4 Å². The van der Waals surface area contributed by atoms with Crippen molar-refractivity contribution in [3.8, 4) is 0 Å². The van der Waals surface area contributed by atoms with E-state index in [1.54, 1.807) is 12.1 Å². The molecule has 4 heteroatoms. The molecule has 1 aliphatic rings. The smallest absolute Gasteiger partial charge is 0.123 e. The highest BCUT2D eigenvalue weighted by molar-refractivity contribution is 7.12. The van der Waals surface area contributed by atoms with Gasteiger partial charge in [-0.25, -0.2) is 9.82 Å². The van der Waals surface area contributed by atoms with Crippen LogP contribution >= 0.6 is 11.3 Å². The third-order valence-electron chi connectivity index (χ3n) is 3.90. The van der Waals surface area contributed by atoms with Crippen LogP contribution in [0.25, 0.3) is 0 Å². The molecule has 20 heavy (non-hydrogen) atoms. The lowest BCUT2D eigenvalue weighted by Gasteiger charge is -2.14. The van der Waals surface area contributed by atoms with Crippen LogP contribution in [0.1, 0.15) is 46.2 Å². The number of benzene rings is 1. The average molecular weight is 290 g/mol. The van der Waals surface area contributed by atoms with E-state index in [1.165, 1.54) is 47.1 Å². The number of hydrogen-bond donors (Lipinski definition) is 2. The molecule has 0 aliphatic heterocycles. The lowest BCUT2D eigenvalue weighted by atomic mass is 10.0. The van der Waals surface area contributed by atoms with Gasteiger partial charge in [0, 0.05) is 9.75 Å². The average Bonchev–Trinajstić information content (AvgIpc) is 2.70. The van der Waals surface area contributed by atoms with Crippen LogP contribution in [0.2, 0.25) is 0 Å². The maximum absolute atomic E-state index is 13.4. The first-order valence-electron chi connectivity index (χ1n) is 7.11. The predicted octanol–water partition coefficient (Wildman–Crippen LogP) is 3.71. The topological polar surface area (TPSA) is 38.0 Å². The fourth-order valence-electron chi connectivity index (χ4n) is 2.86. The number of fused-ring (bicyclic) bond motifs is 1. The van der Waals surface area contributed by atoms with Crippen LogP contribution in [0, 0.1) is 5.82 Å². The van der Waals surface area contributed by atoms with Gasteiger partial charge in [-0.15, -0.1) is 11.3 Å². The summed E-state index contributed by atoms with van der Waals surface area (Å²) in [5, 5.41) is 0. The van der Waals surface area contributed by atoms with Gasteiger partial charge < -0.3 is 0 Å². The van der Waals surface area contributed by atoms with Crippen LogP contribution in [0.4, 0.5) is 4.39 Å². The van der Waals surface area contributed by atoms with E-state index < -0.39 is 0 Å². The molecule has 106 valence electrons. The zero-order valence-corrected chi connectivity index (χ0v) is 12.2. The summed E-state index contributed by atoms with van der Waals surface area (Å²) in [4.78, 5) is 2.67. The van der Waals surface area contributed by atoms with E-state index in [0.29, 0.717) is 0 Å². The van der Waals surface area contributed by atoms with E-state index in [0.717, 1.165) is 12.0 Å². The Morgan fingerprint density at radius 3 is 2.80 bits per heavy atom. The number of thiophene rings is 1. The Labute approximate surface area is 122 Å². The predicted molar refractivity (Wildman–Crippen MR) is 81.1 cm³/mol. The SMILES string of the molecule is NNC(c1cccc(F)c1)c1cc2c(s1)CCCCC2. The lowest BCUT2D eigenvalue weighted by molar-refractivity contribution is 0.608. The van der Waals surface area contributed by atoms with E-state index >= 15 is 0 Å². The third-order valence-corrected chi connectivity index (χ3v) is 5.20. The summed E-state index contributed by atoms with van der Waals surface area (Å²) in [7, 11) is 0. The van der Waals surface area contributed by atoms with Gasteiger partial charge in [-0.05, 0) is 55.0 Å². The minimum Gasteiger partial charge on any atom is -0.271 e. The summed E-state index contributed by atoms with van der Waals surface area (Å²) in [5.74, 6) is 5.49. The molecule has 0 radical (unpaired) electrons. The van der Waals surface area contributed by atoms with Crippen molar-refractivity contribution in [3.05, 3.63) is 57.0 Å². The number of halogens is 1. The van der Waals surface area contributed by atoms with Crippen molar-refractivity contribution in [1.82, 2.24) is 5.43 Å². The molecule has 0 amide bonds. The van der Waals surface area contributed by atoms with Gasteiger partial charge in [0.15, 0.2) is 0 Å². The number of nitrogens with two attached hydrogens (primary N) is 1. The number of hydrazine groups is 1. The Kier molecular flexibility index (Phi) is 4.15. The highest BCUT2D eigenvalue weighted by Gasteiger charge is 2.19. The van der Waals surface area contributed by atoms with Gasteiger partial charge in [0.1, 0.15) is 5.82 Å². The van der Waals surface area contributed by atoms with Crippen molar-refractivity contribution >= 4 is 11.3 Å². The van der Waals surface area contributed by atoms with Crippen molar-refractivity contribution in [1.29, 1.82) is 0 Å². The normalized spacial score (nSPS) is 16.5. The molecule has 0 bridgehead atoms. The molecule has 0 spiro atoms. The Bertz CT molecular complexity index is 570. The van der Waals surface area contributed by atoms with Gasteiger partial charge in [0.25, 0.3) is 0 Å². The molecule has 2 aromatic rings. The minimum absolute atomic E-state index is 0.123. The fraction of sp³-hybridized carbons (Fsp3) is 0.375. The molecular weight excluding hydrogens is 271 g/mol. The first kappa shape index (κ1) is 13.7. The highest BCUT2D eigenvalue weighted by atomic mass is 32.1. The fourth-order valence-corrected chi connectivity index (χ4v) is 4.21. The number of nitrogens with one attached hydrogen (secondary N) is 1. The van der Waals surface area contributed by atoms with Crippen molar-refractivity contribution in [2.75, 3.05) is 0 Å². The zero-order valence-electron chi connectivity index (χ0n) is 11.4. The van der Waals surface area contributed by atoms with Crippen LogP contribution in [0.3, 0.4) is 0 Å². The second-order valence-electron chi connectivity index (χ2n) is 5.31. The maximum atomic E-state index is 13.4. The number of rotatable bonds is 3. The van der Waals surface area contributed by atoms with Crippen molar-refractivity contribution in [2.45, 2.75) is 38.1 Å². The lowest BCUT2D eigenvalue weighted by Crippen LogP contribution is -2.28. The quantitative estimate of drug-likeness (QED) is 0.514. The van der Waals surface area contributed by atoms with Gasteiger partial charge in [0.2, 0.25) is 0 Å². The molecule has 2 nitrogen and oxygen atoms in total. The molecule has 1 atom stereocenters. The third kappa shape index (κ3) is 2.77.